The average Bonchev–Trinajstić information content (AvgIpc) is 2.81. The smallest absolute Gasteiger partial charge is 0.231 e. The Morgan fingerprint density at radius 3 is 2.76 bits per heavy atom. The van der Waals surface area contributed by atoms with E-state index in [1.807, 2.05) is 19.1 Å². The van der Waals surface area contributed by atoms with E-state index in [0.29, 0.717) is 18.1 Å². The fraction of sp³-hybridized carbons (Fsp3) is 0.571. The molecule has 0 radical (unpaired) electrons. The molecule has 116 valence electrons. The standard InChI is InChI=1S/C14H19NO5S/c1-3-18-7-14(15)12(13(14)21(2,16)17)9-4-5-10-11(6-9)20-8-19-10/h4-6,12-13H,3,7-8,15H2,1-2H3/t12-,13+,14-/m0/s1. The number of sulfone groups is 1. The van der Waals surface area contributed by atoms with Crippen molar-refractivity contribution >= 4 is 9.84 Å². The quantitative estimate of drug-likeness (QED) is 0.859. The number of hydrogen-bond donors (Lipinski definition) is 1. The molecule has 3 rings (SSSR count). The maximum atomic E-state index is 12.0. The van der Waals surface area contributed by atoms with Crippen molar-refractivity contribution in [1.82, 2.24) is 0 Å². The van der Waals surface area contributed by atoms with Crippen LogP contribution in [0.4, 0.5) is 0 Å². The number of ether oxygens (including phenoxy) is 3. The number of rotatable bonds is 5. The Morgan fingerprint density at radius 1 is 1.38 bits per heavy atom. The summed E-state index contributed by atoms with van der Waals surface area (Å²) in [5.41, 5.74) is 6.27. The molecule has 2 N–H and O–H groups in total. The molecule has 0 aromatic heterocycles. The van der Waals surface area contributed by atoms with Crippen LogP contribution < -0.4 is 15.2 Å². The number of nitrogens with two attached hydrogens (primary N) is 1. The second-order valence-electron chi connectivity index (χ2n) is 5.59. The van der Waals surface area contributed by atoms with Crippen molar-refractivity contribution in [3.05, 3.63) is 23.8 Å². The highest BCUT2D eigenvalue weighted by Crippen LogP contribution is 2.55. The summed E-state index contributed by atoms with van der Waals surface area (Å²) in [5, 5.41) is -0.628. The number of benzene rings is 1. The Bertz CT molecular complexity index is 659. The summed E-state index contributed by atoms with van der Waals surface area (Å²) in [4.78, 5) is 0. The van der Waals surface area contributed by atoms with Crippen LogP contribution in [0.25, 0.3) is 0 Å². The van der Waals surface area contributed by atoms with Gasteiger partial charge in [0.1, 0.15) is 0 Å². The monoisotopic (exact) mass is 313 g/mol. The first-order valence-corrected chi connectivity index (χ1v) is 8.78. The fourth-order valence-corrected chi connectivity index (χ4v) is 4.95. The fourth-order valence-electron chi connectivity index (χ4n) is 3.11. The van der Waals surface area contributed by atoms with Crippen molar-refractivity contribution in [2.24, 2.45) is 5.73 Å². The van der Waals surface area contributed by atoms with Crippen LogP contribution in [0, 0.1) is 0 Å². The largest absolute Gasteiger partial charge is 0.454 e. The molecule has 1 aliphatic carbocycles. The lowest BCUT2D eigenvalue weighted by Gasteiger charge is -2.11. The van der Waals surface area contributed by atoms with Crippen molar-refractivity contribution < 1.29 is 22.6 Å². The summed E-state index contributed by atoms with van der Waals surface area (Å²) in [5.74, 6) is 1.02. The van der Waals surface area contributed by atoms with Gasteiger partial charge in [-0.1, -0.05) is 6.07 Å². The van der Waals surface area contributed by atoms with Crippen molar-refractivity contribution in [3.63, 3.8) is 0 Å². The normalized spacial score (nSPS) is 30.4. The summed E-state index contributed by atoms with van der Waals surface area (Å²) in [6, 6.07) is 5.44. The molecule has 6 nitrogen and oxygen atoms in total. The number of fused-ring (bicyclic) bond motifs is 1. The van der Waals surface area contributed by atoms with Gasteiger partial charge in [0.05, 0.1) is 17.4 Å². The van der Waals surface area contributed by atoms with Gasteiger partial charge in [-0.3, -0.25) is 0 Å². The summed E-state index contributed by atoms with van der Waals surface area (Å²) in [6.45, 7) is 2.77. The highest BCUT2D eigenvalue weighted by atomic mass is 32.2. The highest BCUT2D eigenvalue weighted by Gasteiger charge is 2.68. The van der Waals surface area contributed by atoms with Crippen LogP contribution in [-0.4, -0.2) is 45.5 Å². The first kappa shape index (κ1) is 14.6. The molecule has 1 heterocycles. The minimum absolute atomic E-state index is 0.186. The lowest BCUT2D eigenvalue weighted by atomic mass is 10.1. The molecule has 1 aromatic rings. The van der Waals surface area contributed by atoms with Gasteiger partial charge in [-0.05, 0) is 24.6 Å². The van der Waals surface area contributed by atoms with Crippen molar-refractivity contribution in [2.75, 3.05) is 26.3 Å². The van der Waals surface area contributed by atoms with E-state index >= 15 is 0 Å². The minimum Gasteiger partial charge on any atom is -0.454 e. The third-order valence-electron chi connectivity index (χ3n) is 4.08. The molecule has 1 fully saturated rings. The Labute approximate surface area is 124 Å². The van der Waals surface area contributed by atoms with Crippen LogP contribution >= 0.6 is 0 Å². The van der Waals surface area contributed by atoms with Crippen LogP contribution in [-0.2, 0) is 14.6 Å². The molecular weight excluding hydrogens is 294 g/mol. The van der Waals surface area contributed by atoms with Gasteiger partial charge in [0.2, 0.25) is 6.79 Å². The van der Waals surface area contributed by atoms with Gasteiger partial charge in [-0.2, -0.15) is 0 Å². The van der Waals surface area contributed by atoms with Gasteiger partial charge in [0.15, 0.2) is 21.3 Å². The van der Waals surface area contributed by atoms with Crippen molar-refractivity contribution in [3.8, 4) is 11.5 Å². The Kier molecular flexibility index (Phi) is 3.38. The molecule has 2 aliphatic rings. The Balaban J connectivity index is 1.93. The minimum atomic E-state index is -3.26. The van der Waals surface area contributed by atoms with Crippen LogP contribution in [0.15, 0.2) is 18.2 Å². The maximum absolute atomic E-state index is 12.0. The van der Waals surface area contributed by atoms with Crippen molar-refractivity contribution in [2.45, 2.75) is 23.6 Å². The summed E-state index contributed by atoms with van der Waals surface area (Å²) >= 11 is 0. The lowest BCUT2D eigenvalue weighted by molar-refractivity contribution is 0.125. The first-order valence-electron chi connectivity index (χ1n) is 6.83. The third kappa shape index (κ3) is 2.39. The molecule has 1 saturated carbocycles. The molecule has 3 atom stereocenters. The molecular formula is C14H19NO5S. The molecule has 0 saturated heterocycles. The summed E-state index contributed by atoms with van der Waals surface area (Å²) < 4.78 is 40.0. The van der Waals surface area contributed by atoms with Crippen LogP contribution in [0.3, 0.4) is 0 Å². The van der Waals surface area contributed by atoms with E-state index in [0.717, 1.165) is 5.56 Å². The molecule has 0 unspecified atom stereocenters. The molecule has 1 aromatic carbocycles. The predicted molar refractivity (Wildman–Crippen MR) is 77.3 cm³/mol. The summed E-state index contributed by atoms with van der Waals surface area (Å²) in [6.07, 6.45) is 1.22. The van der Waals surface area contributed by atoms with Gasteiger partial charge in [-0.25, -0.2) is 8.42 Å². The van der Waals surface area contributed by atoms with E-state index in [9.17, 15) is 8.42 Å². The molecule has 0 spiro atoms. The second-order valence-corrected chi connectivity index (χ2v) is 7.76. The summed E-state index contributed by atoms with van der Waals surface area (Å²) in [7, 11) is -3.26. The van der Waals surface area contributed by atoms with E-state index in [-0.39, 0.29) is 19.3 Å². The van der Waals surface area contributed by atoms with Crippen LogP contribution in [0.5, 0.6) is 11.5 Å². The third-order valence-corrected chi connectivity index (χ3v) is 5.71. The zero-order valence-electron chi connectivity index (χ0n) is 12.0. The molecule has 0 bridgehead atoms. The first-order chi connectivity index (χ1) is 9.88. The van der Waals surface area contributed by atoms with E-state index < -0.39 is 20.6 Å². The van der Waals surface area contributed by atoms with E-state index in [1.165, 1.54) is 6.26 Å². The van der Waals surface area contributed by atoms with E-state index in [2.05, 4.69) is 0 Å². The molecule has 0 amide bonds. The van der Waals surface area contributed by atoms with Gasteiger partial charge >= 0.3 is 0 Å². The number of hydrogen-bond acceptors (Lipinski definition) is 6. The van der Waals surface area contributed by atoms with Gasteiger partial charge in [-0.15, -0.1) is 0 Å². The van der Waals surface area contributed by atoms with E-state index in [1.54, 1.807) is 6.07 Å². The van der Waals surface area contributed by atoms with Gasteiger partial charge < -0.3 is 19.9 Å². The zero-order chi connectivity index (χ0) is 15.3. The molecule has 1 aliphatic heterocycles. The lowest BCUT2D eigenvalue weighted by Crippen LogP contribution is -2.36. The van der Waals surface area contributed by atoms with Gasteiger partial charge in [0.25, 0.3) is 0 Å². The topological polar surface area (TPSA) is 87.9 Å². The van der Waals surface area contributed by atoms with Crippen LogP contribution in [0.2, 0.25) is 0 Å². The van der Waals surface area contributed by atoms with E-state index in [4.69, 9.17) is 19.9 Å². The Hall–Kier alpha value is -1.31. The van der Waals surface area contributed by atoms with Crippen molar-refractivity contribution in [1.29, 1.82) is 0 Å². The average molecular weight is 313 g/mol. The zero-order valence-corrected chi connectivity index (χ0v) is 12.9. The van der Waals surface area contributed by atoms with Crippen LogP contribution in [0.1, 0.15) is 18.4 Å². The molecule has 7 heteroatoms. The van der Waals surface area contributed by atoms with Gasteiger partial charge in [0, 0.05) is 18.8 Å². The highest BCUT2D eigenvalue weighted by molar-refractivity contribution is 7.91. The SMILES string of the molecule is CCOC[C@@]1(N)[C@H](S(C)(=O)=O)[C@@H]1c1ccc2c(c1)OCO2. The Morgan fingerprint density at radius 2 is 2.10 bits per heavy atom. The predicted octanol–water partition coefficient (Wildman–Crippen LogP) is 0.660. The second kappa shape index (κ2) is 4.86. The maximum Gasteiger partial charge on any atom is 0.231 e. The molecule has 21 heavy (non-hydrogen) atoms.